The van der Waals surface area contributed by atoms with E-state index in [1.165, 1.54) is 33.7 Å². The lowest BCUT2D eigenvalue weighted by Gasteiger charge is -2.24. The molecule has 2 aromatic carbocycles. The van der Waals surface area contributed by atoms with E-state index in [2.05, 4.69) is 0 Å². The Bertz CT molecular complexity index is 1250. The van der Waals surface area contributed by atoms with Crippen molar-refractivity contribution in [2.24, 2.45) is 0 Å². The minimum absolute atomic E-state index is 0.177. The van der Waals surface area contributed by atoms with E-state index in [4.69, 9.17) is 4.74 Å². The number of aromatic nitrogens is 1. The lowest BCUT2D eigenvalue weighted by molar-refractivity contribution is -0.127. The number of ether oxygens (including phenoxy) is 1. The van der Waals surface area contributed by atoms with Crippen molar-refractivity contribution in [1.82, 2.24) is 9.47 Å². The molecular formula is C27H29FN2O4. The van der Waals surface area contributed by atoms with E-state index in [-0.39, 0.29) is 29.8 Å². The van der Waals surface area contributed by atoms with Gasteiger partial charge in [-0.05, 0) is 58.9 Å². The summed E-state index contributed by atoms with van der Waals surface area (Å²) < 4.78 is 20.4. The summed E-state index contributed by atoms with van der Waals surface area (Å²) in [6, 6.07) is 12.5. The molecule has 0 unspecified atom stereocenters. The largest absolute Gasteiger partial charge is 0.443 e. The Morgan fingerprint density at radius 3 is 2.44 bits per heavy atom. The van der Waals surface area contributed by atoms with Crippen molar-refractivity contribution in [1.29, 1.82) is 0 Å². The number of hydrogen-bond acceptors (Lipinski definition) is 4. The number of rotatable bonds is 6. The van der Waals surface area contributed by atoms with Gasteiger partial charge >= 0.3 is 6.09 Å². The maximum Gasteiger partial charge on any atom is 0.419 e. The van der Waals surface area contributed by atoms with Crippen molar-refractivity contribution < 1.29 is 23.5 Å². The van der Waals surface area contributed by atoms with Gasteiger partial charge in [-0.15, -0.1) is 0 Å². The molecule has 0 bridgehead atoms. The standard InChI is InChI=1S/C27H29FN2O4/c1-18(2)29(17-24(31)19-9-8-10-21(28)15-19)25(32)14-13-20-16-30(26(33)34-27(3,4)5)23-12-7-6-11-22(20)23/h6-16,18H,17H2,1-5H3/b14-13+. The van der Waals surface area contributed by atoms with E-state index in [0.29, 0.717) is 11.1 Å². The van der Waals surface area contributed by atoms with Gasteiger partial charge in [0.25, 0.3) is 0 Å². The summed E-state index contributed by atoms with van der Waals surface area (Å²) in [5.74, 6) is -1.22. The van der Waals surface area contributed by atoms with Crippen LogP contribution in [0.2, 0.25) is 0 Å². The van der Waals surface area contributed by atoms with Gasteiger partial charge in [0, 0.05) is 34.8 Å². The van der Waals surface area contributed by atoms with E-state index in [1.807, 2.05) is 18.2 Å². The topological polar surface area (TPSA) is 68.6 Å². The van der Waals surface area contributed by atoms with Crippen molar-refractivity contribution in [2.45, 2.75) is 46.3 Å². The molecule has 0 atom stereocenters. The highest BCUT2D eigenvalue weighted by Crippen LogP contribution is 2.24. The monoisotopic (exact) mass is 464 g/mol. The number of para-hydroxylation sites is 1. The van der Waals surface area contributed by atoms with Crippen LogP contribution in [-0.4, -0.2) is 45.4 Å². The molecule has 0 aliphatic heterocycles. The third-order valence-electron chi connectivity index (χ3n) is 5.11. The van der Waals surface area contributed by atoms with Gasteiger partial charge in [0.1, 0.15) is 11.4 Å². The molecule has 0 spiro atoms. The lowest BCUT2D eigenvalue weighted by atomic mass is 10.1. The molecule has 0 saturated heterocycles. The number of benzene rings is 2. The van der Waals surface area contributed by atoms with Gasteiger partial charge in [0.2, 0.25) is 5.91 Å². The Balaban J connectivity index is 1.85. The molecule has 0 aliphatic carbocycles. The highest BCUT2D eigenvalue weighted by atomic mass is 19.1. The van der Waals surface area contributed by atoms with E-state index in [0.717, 1.165) is 11.5 Å². The summed E-state index contributed by atoms with van der Waals surface area (Å²) >= 11 is 0. The van der Waals surface area contributed by atoms with Gasteiger partial charge in [-0.25, -0.2) is 9.18 Å². The Kier molecular flexibility index (Phi) is 7.35. The van der Waals surface area contributed by atoms with E-state index in [9.17, 15) is 18.8 Å². The minimum atomic E-state index is -0.652. The number of Topliss-reactive ketones (excluding diaryl/α,β-unsaturated/α-hetero) is 1. The molecule has 1 amide bonds. The maximum absolute atomic E-state index is 13.5. The van der Waals surface area contributed by atoms with Crippen LogP contribution in [0.5, 0.6) is 0 Å². The van der Waals surface area contributed by atoms with Crippen LogP contribution in [0.15, 0.2) is 60.8 Å². The minimum Gasteiger partial charge on any atom is -0.443 e. The predicted molar refractivity (Wildman–Crippen MR) is 130 cm³/mol. The van der Waals surface area contributed by atoms with Crippen molar-refractivity contribution in [3.05, 3.63) is 77.7 Å². The Hall–Kier alpha value is -3.74. The summed E-state index contributed by atoms with van der Waals surface area (Å²) in [6.45, 7) is 8.81. The van der Waals surface area contributed by atoms with Crippen molar-refractivity contribution in [2.75, 3.05) is 6.54 Å². The number of fused-ring (bicyclic) bond motifs is 1. The molecule has 0 radical (unpaired) electrons. The number of amides is 1. The molecule has 1 aromatic heterocycles. The van der Waals surface area contributed by atoms with Gasteiger partial charge in [0.15, 0.2) is 5.78 Å². The fourth-order valence-corrected chi connectivity index (χ4v) is 3.48. The van der Waals surface area contributed by atoms with Crippen LogP contribution in [0.4, 0.5) is 9.18 Å². The molecule has 7 heteroatoms. The van der Waals surface area contributed by atoms with Gasteiger partial charge in [-0.1, -0.05) is 30.3 Å². The maximum atomic E-state index is 13.5. The molecule has 3 aromatic rings. The van der Waals surface area contributed by atoms with Gasteiger partial charge < -0.3 is 9.64 Å². The second-order valence-electron chi connectivity index (χ2n) is 9.28. The first-order valence-corrected chi connectivity index (χ1v) is 11.1. The molecule has 1 heterocycles. The molecule has 178 valence electrons. The van der Waals surface area contributed by atoms with Gasteiger partial charge in [-0.3, -0.25) is 14.2 Å². The van der Waals surface area contributed by atoms with Crippen LogP contribution in [0.1, 0.15) is 50.5 Å². The number of carbonyl (C=O) groups excluding carboxylic acids is 3. The lowest BCUT2D eigenvalue weighted by Crippen LogP contribution is -2.39. The molecule has 34 heavy (non-hydrogen) atoms. The zero-order valence-corrected chi connectivity index (χ0v) is 20.0. The zero-order chi connectivity index (χ0) is 25.0. The number of halogens is 1. The van der Waals surface area contributed by atoms with Crippen LogP contribution in [-0.2, 0) is 9.53 Å². The van der Waals surface area contributed by atoms with E-state index >= 15 is 0 Å². The highest BCUT2D eigenvalue weighted by molar-refractivity contribution is 6.03. The highest BCUT2D eigenvalue weighted by Gasteiger charge is 2.22. The number of nitrogens with zero attached hydrogens (tertiary/aromatic N) is 2. The van der Waals surface area contributed by atoms with Crippen LogP contribution < -0.4 is 0 Å². The Labute approximate surface area is 198 Å². The zero-order valence-electron chi connectivity index (χ0n) is 20.0. The van der Waals surface area contributed by atoms with Crippen molar-refractivity contribution >= 4 is 34.8 Å². The molecule has 0 fully saturated rings. The second-order valence-corrected chi connectivity index (χ2v) is 9.28. The number of ketones is 1. The molecule has 0 saturated carbocycles. The van der Waals surface area contributed by atoms with Gasteiger partial charge in [0.05, 0.1) is 12.1 Å². The average molecular weight is 465 g/mol. The molecule has 0 aliphatic rings. The number of carbonyl (C=O) groups is 3. The van der Waals surface area contributed by atoms with E-state index in [1.54, 1.807) is 53.0 Å². The quantitative estimate of drug-likeness (QED) is 0.347. The normalized spacial score (nSPS) is 11.9. The third kappa shape index (κ3) is 5.98. The molecular weight excluding hydrogens is 435 g/mol. The Morgan fingerprint density at radius 1 is 1.09 bits per heavy atom. The second kappa shape index (κ2) is 10.0. The van der Waals surface area contributed by atoms with Crippen molar-refractivity contribution in [3.8, 4) is 0 Å². The van der Waals surface area contributed by atoms with Crippen molar-refractivity contribution in [3.63, 3.8) is 0 Å². The van der Waals surface area contributed by atoms with Crippen LogP contribution in [0, 0.1) is 5.82 Å². The summed E-state index contributed by atoms with van der Waals surface area (Å²) in [5.41, 5.74) is 0.879. The average Bonchev–Trinajstić information content (AvgIpc) is 3.13. The van der Waals surface area contributed by atoms with Gasteiger partial charge in [-0.2, -0.15) is 0 Å². The van der Waals surface area contributed by atoms with Crippen LogP contribution in [0.25, 0.3) is 17.0 Å². The van der Waals surface area contributed by atoms with Crippen LogP contribution >= 0.6 is 0 Å². The summed E-state index contributed by atoms with van der Waals surface area (Å²) in [4.78, 5) is 39.7. The number of hydrogen-bond donors (Lipinski definition) is 0. The molecule has 0 N–H and O–H groups in total. The predicted octanol–water partition coefficient (Wildman–Crippen LogP) is 5.70. The fourth-order valence-electron chi connectivity index (χ4n) is 3.48. The third-order valence-corrected chi connectivity index (χ3v) is 5.11. The molecule has 3 rings (SSSR count). The first kappa shape index (κ1) is 24.9. The van der Waals surface area contributed by atoms with Crippen LogP contribution in [0.3, 0.4) is 0 Å². The summed E-state index contributed by atoms with van der Waals surface area (Å²) in [5, 5.41) is 0.782. The smallest absolute Gasteiger partial charge is 0.419 e. The SMILES string of the molecule is CC(C)N(CC(=O)c1cccc(F)c1)C(=O)/C=C/c1cn(C(=O)OC(C)(C)C)c2ccccc12. The summed E-state index contributed by atoms with van der Waals surface area (Å²) in [7, 11) is 0. The summed E-state index contributed by atoms with van der Waals surface area (Å²) in [6.07, 6.45) is 4.10. The van der Waals surface area contributed by atoms with E-state index < -0.39 is 17.5 Å². The Morgan fingerprint density at radius 2 is 1.79 bits per heavy atom. The first-order valence-electron chi connectivity index (χ1n) is 11.1. The molecule has 6 nitrogen and oxygen atoms in total. The first-order chi connectivity index (χ1) is 16.0. The fraction of sp³-hybridized carbons (Fsp3) is 0.296.